The Hall–Kier alpha value is -2.23. The van der Waals surface area contributed by atoms with Crippen LogP contribution in [0.2, 0.25) is 0 Å². The minimum Gasteiger partial charge on any atom is -0.494 e. The molecule has 0 aromatic heterocycles. The number of benzene rings is 2. The van der Waals surface area contributed by atoms with Crippen LogP contribution < -0.4 is 4.74 Å². The fourth-order valence-corrected chi connectivity index (χ4v) is 3.72. The van der Waals surface area contributed by atoms with Crippen LogP contribution in [-0.4, -0.2) is 7.11 Å². The molecule has 25 heavy (non-hydrogen) atoms. The number of hydrogen-bond donors (Lipinski definition) is 0. The maximum Gasteiger partial charge on any atom is 0.200 e. The first-order chi connectivity index (χ1) is 12.0. The van der Waals surface area contributed by atoms with Crippen molar-refractivity contribution >= 4 is 6.08 Å². The third-order valence-electron chi connectivity index (χ3n) is 5.18. The second-order valence-electron chi connectivity index (χ2n) is 6.52. The van der Waals surface area contributed by atoms with Crippen molar-refractivity contribution in [3.8, 4) is 5.75 Å². The summed E-state index contributed by atoms with van der Waals surface area (Å²) in [5.74, 6) is -1.86. The molecular weight excluding hydrogens is 325 g/mol. The molecule has 0 aliphatic heterocycles. The Morgan fingerprint density at radius 1 is 0.960 bits per heavy atom. The van der Waals surface area contributed by atoms with Crippen molar-refractivity contribution in [3.63, 3.8) is 0 Å². The van der Waals surface area contributed by atoms with Gasteiger partial charge in [0.2, 0.25) is 5.82 Å². The highest BCUT2D eigenvalue weighted by atomic mass is 19.2. The minimum absolute atomic E-state index is 0.0195. The third kappa shape index (κ3) is 3.44. The number of rotatable bonds is 4. The van der Waals surface area contributed by atoms with Crippen LogP contribution in [0.3, 0.4) is 0 Å². The lowest BCUT2D eigenvalue weighted by Crippen LogP contribution is -2.14. The second-order valence-corrected chi connectivity index (χ2v) is 6.52. The molecular formula is C21H21F3O. The molecule has 0 saturated heterocycles. The van der Waals surface area contributed by atoms with Gasteiger partial charge in [0, 0.05) is 5.56 Å². The number of halogens is 3. The maximum atomic E-state index is 14.3. The van der Waals surface area contributed by atoms with Crippen LogP contribution in [0.25, 0.3) is 6.08 Å². The van der Waals surface area contributed by atoms with Gasteiger partial charge in [0.1, 0.15) is 5.82 Å². The van der Waals surface area contributed by atoms with E-state index in [0.29, 0.717) is 11.1 Å². The first-order valence-corrected chi connectivity index (χ1v) is 8.49. The Labute approximate surface area is 146 Å². The highest BCUT2D eigenvalue weighted by Crippen LogP contribution is 2.42. The van der Waals surface area contributed by atoms with Crippen molar-refractivity contribution in [3.05, 3.63) is 71.1 Å². The standard InChI is InChI=1S/C21H21F3O/c1-3-13-4-9-16(12-18(13)22)14-5-7-15(8-6-14)17-10-11-19(25-2)21(24)20(17)23/h3-4,9-12,14-15H,1,5-8H2,2H3. The van der Waals surface area contributed by atoms with E-state index >= 15 is 0 Å². The van der Waals surface area contributed by atoms with E-state index in [1.807, 2.05) is 6.07 Å². The number of ether oxygens (including phenoxy) is 1. The zero-order valence-electron chi connectivity index (χ0n) is 14.2. The molecule has 0 heterocycles. The van der Waals surface area contributed by atoms with Crippen LogP contribution in [0.5, 0.6) is 5.75 Å². The van der Waals surface area contributed by atoms with Crippen LogP contribution in [0.4, 0.5) is 13.2 Å². The van der Waals surface area contributed by atoms with Gasteiger partial charge in [-0.2, -0.15) is 4.39 Å². The van der Waals surface area contributed by atoms with Gasteiger partial charge in [-0.05, 0) is 60.8 Å². The van der Waals surface area contributed by atoms with Crippen LogP contribution in [0, 0.1) is 17.5 Å². The number of methoxy groups -OCH3 is 1. The van der Waals surface area contributed by atoms with Gasteiger partial charge in [0.25, 0.3) is 0 Å². The molecule has 1 nitrogen and oxygen atoms in total. The summed E-state index contributed by atoms with van der Waals surface area (Å²) in [5.41, 5.74) is 1.86. The summed E-state index contributed by atoms with van der Waals surface area (Å²) < 4.78 is 47.0. The van der Waals surface area contributed by atoms with Crippen molar-refractivity contribution < 1.29 is 17.9 Å². The topological polar surface area (TPSA) is 9.23 Å². The van der Waals surface area contributed by atoms with Crippen LogP contribution in [-0.2, 0) is 0 Å². The average Bonchev–Trinajstić information content (AvgIpc) is 2.64. The lowest BCUT2D eigenvalue weighted by molar-refractivity contribution is 0.356. The van der Waals surface area contributed by atoms with Crippen molar-refractivity contribution in [1.29, 1.82) is 0 Å². The van der Waals surface area contributed by atoms with Crippen LogP contribution in [0.1, 0.15) is 54.2 Å². The van der Waals surface area contributed by atoms with Gasteiger partial charge in [-0.1, -0.05) is 30.9 Å². The van der Waals surface area contributed by atoms with Gasteiger partial charge in [0.05, 0.1) is 7.11 Å². The van der Waals surface area contributed by atoms with E-state index in [4.69, 9.17) is 4.74 Å². The smallest absolute Gasteiger partial charge is 0.200 e. The summed E-state index contributed by atoms with van der Waals surface area (Å²) in [5, 5.41) is 0. The Kier molecular flexibility index (Phi) is 5.16. The molecule has 0 amide bonds. The molecule has 4 heteroatoms. The molecule has 0 atom stereocenters. The predicted octanol–water partition coefficient (Wildman–Crippen LogP) is 6.20. The molecule has 2 aromatic rings. The fourth-order valence-electron chi connectivity index (χ4n) is 3.72. The largest absolute Gasteiger partial charge is 0.494 e. The molecule has 1 saturated carbocycles. The van der Waals surface area contributed by atoms with E-state index in [1.165, 1.54) is 19.3 Å². The first kappa shape index (κ1) is 17.6. The molecule has 0 spiro atoms. The van der Waals surface area contributed by atoms with Crippen molar-refractivity contribution in [2.75, 3.05) is 7.11 Å². The van der Waals surface area contributed by atoms with Gasteiger partial charge >= 0.3 is 0 Å². The molecule has 2 aromatic carbocycles. The zero-order valence-corrected chi connectivity index (χ0v) is 14.2. The maximum absolute atomic E-state index is 14.3. The number of hydrogen-bond acceptors (Lipinski definition) is 1. The molecule has 0 bridgehead atoms. The lowest BCUT2D eigenvalue weighted by atomic mass is 9.76. The Morgan fingerprint density at radius 3 is 2.24 bits per heavy atom. The molecule has 3 rings (SSSR count). The normalized spacial score (nSPS) is 20.3. The fraction of sp³-hybridized carbons (Fsp3) is 0.333. The molecule has 0 unspecified atom stereocenters. The van der Waals surface area contributed by atoms with E-state index in [2.05, 4.69) is 6.58 Å². The van der Waals surface area contributed by atoms with Crippen molar-refractivity contribution in [1.82, 2.24) is 0 Å². The Balaban J connectivity index is 1.73. The molecule has 132 valence electrons. The average molecular weight is 346 g/mol. The summed E-state index contributed by atoms with van der Waals surface area (Å²) >= 11 is 0. The van der Waals surface area contributed by atoms with Crippen molar-refractivity contribution in [2.24, 2.45) is 0 Å². The van der Waals surface area contributed by atoms with E-state index in [9.17, 15) is 13.2 Å². The van der Waals surface area contributed by atoms with Crippen molar-refractivity contribution in [2.45, 2.75) is 37.5 Å². The predicted molar refractivity (Wildman–Crippen MR) is 93.4 cm³/mol. The lowest BCUT2D eigenvalue weighted by Gasteiger charge is -2.29. The van der Waals surface area contributed by atoms with Crippen LogP contribution in [0.15, 0.2) is 36.9 Å². The summed E-state index contributed by atoms with van der Waals surface area (Å²) in [4.78, 5) is 0. The van der Waals surface area contributed by atoms with Gasteiger partial charge in [-0.15, -0.1) is 0 Å². The van der Waals surface area contributed by atoms with Crippen LogP contribution >= 0.6 is 0 Å². The Morgan fingerprint density at radius 2 is 1.64 bits per heavy atom. The van der Waals surface area contributed by atoms with Gasteiger partial charge in [-0.25, -0.2) is 8.78 Å². The Bertz CT molecular complexity index is 777. The second kappa shape index (κ2) is 7.34. The van der Waals surface area contributed by atoms with E-state index in [-0.39, 0.29) is 23.4 Å². The SMILES string of the molecule is C=Cc1ccc(C2CCC(c3ccc(OC)c(F)c3F)CC2)cc1F. The zero-order chi connectivity index (χ0) is 18.0. The van der Waals surface area contributed by atoms with Gasteiger partial charge in [0.15, 0.2) is 11.6 Å². The van der Waals surface area contributed by atoms with E-state index < -0.39 is 11.6 Å². The molecule has 1 fully saturated rings. The molecule has 0 N–H and O–H groups in total. The monoisotopic (exact) mass is 346 g/mol. The molecule has 1 aliphatic carbocycles. The minimum atomic E-state index is -0.927. The summed E-state index contributed by atoms with van der Waals surface area (Å²) in [6.45, 7) is 3.59. The highest BCUT2D eigenvalue weighted by molar-refractivity contribution is 5.48. The highest BCUT2D eigenvalue weighted by Gasteiger charge is 2.27. The third-order valence-corrected chi connectivity index (χ3v) is 5.18. The summed E-state index contributed by atoms with van der Waals surface area (Å²) in [7, 11) is 1.32. The molecule has 1 aliphatic rings. The van der Waals surface area contributed by atoms with E-state index in [0.717, 1.165) is 31.2 Å². The van der Waals surface area contributed by atoms with Gasteiger partial charge in [-0.3, -0.25) is 0 Å². The first-order valence-electron chi connectivity index (χ1n) is 8.49. The summed E-state index contributed by atoms with van der Waals surface area (Å²) in [6.07, 6.45) is 4.64. The molecule has 0 radical (unpaired) electrons. The van der Waals surface area contributed by atoms with Gasteiger partial charge < -0.3 is 4.74 Å². The quantitative estimate of drug-likeness (QED) is 0.641. The van der Waals surface area contributed by atoms with E-state index in [1.54, 1.807) is 18.2 Å². The summed E-state index contributed by atoms with van der Waals surface area (Å²) in [6, 6.07) is 8.32.